The van der Waals surface area contributed by atoms with Crippen LogP contribution in [0.25, 0.3) is 0 Å². The second-order valence-electron chi connectivity index (χ2n) is 4.68. The zero-order valence-corrected chi connectivity index (χ0v) is 11.6. The van der Waals surface area contributed by atoms with Crippen molar-refractivity contribution in [3.8, 4) is 0 Å². The molecule has 0 fully saturated rings. The van der Waals surface area contributed by atoms with Crippen molar-refractivity contribution in [1.82, 2.24) is 19.4 Å². The highest BCUT2D eigenvalue weighted by Crippen LogP contribution is 2.02. The number of aliphatic carboxylic acids is 1. The van der Waals surface area contributed by atoms with E-state index in [4.69, 9.17) is 5.11 Å². The minimum atomic E-state index is -0.972. The van der Waals surface area contributed by atoms with Gasteiger partial charge in [-0.2, -0.15) is 0 Å². The van der Waals surface area contributed by atoms with E-state index in [1.54, 1.807) is 30.9 Å². The SMILES string of the molecule is O=C(O)Cn1cccc1C(=O)NCCCCn1ccnc1. The van der Waals surface area contributed by atoms with Crippen LogP contribution in [0.3, 0.4) is 0 Å². The van der Waals surface area contributed by atoms with Gasteiger partial charge in [-0.05, 0) is 25.0 Å². The van der Waals surface area contributed by atoms with Crippen LogP contribution in [0.5, 0.6) is 0 Å². The maximum absolute atomic E-state index is 12.0. The van der Waals surface area contributed by atoms with Gasteiger partial charge in [0.05, 0.1) is 6.33 Å². The third-order valence-electron chi connectivity index (χ3n) is 3.06. The van der Waals surface area contributed by atoms with Gasteiger partial charge in [-0.25, -0.2) is 4.98 Å². The molecule has 2 aromatic heterocycles. The lowest BCUT2D eigenvalue weighted by molar-refractivity contribution is -0.137. The lowest BCUT2D eigenvalue weighted by Gasteiger charge is -2.08. The van der Waals surface area contributed by atoms with E-state index >= 15 is 0 Å². The van der Waals surface area contributed by atoms with Gasteiger partial charge in [-0.1, -0.05) is 0 Å². The third kappa shape index (κ3) is 4.48. The molecule has 0 aliphatic heterocycles. The number of hydrogen-bond donors (Lipinski definition) is 2. The summed E-state index contributed by atoms with van der Waals surface area (Å²) in [6, 6.07) is 3.28. The Balaban J connectivity index is 1.72. The summed E-state index contributed by atoms with van der Waals surface area (Å²) < 4.78 is 3.41. The summed E-state index contributed by atoms with van der Waals surface area (Å²) in [5, 5.41) is 11.6. The van der Waals surface area contributed by atoms with Crippen molar-refractivity contribution < 1.29 is 14.7 Å². The second-order valence-corrected chi connectivity index (χ2v) is 4.68. The lowest BCUT2D eigenvalue weighted by Crippen LogP contribution is -2.27. The van der Waals surface area contributed by atoms with Gasteiger partial charge in [0.1, 0.15) is 12.2 Å². The summed E-state index contributed by atoms with van der Waals surface area (Å²) in [6.45, 7) is 1.22. The minimum absolute atomic E-state index is 0.212. The van der Waals surface area contributed by atoms with Crippen molar-refractivity contribution in [3.63, 3.8) is 0 Å². The summed E-state index contributed by atoms with van der Waals surface area (Å²) in [5.74, 6) is -1.22. The number of carbonyl (C=O) groups is 2. The standard InChI is InChI=1S/C14H18N4O3/c19-13(20)10-18-8-3-4-12(18)14(21)16-5-1-2-7-17-9-6-15-11-17/h3-4,6,8-9,11H,1-2,5,7,10H2,(H,16,21)(H,19,20). The van der Waals surface area contributed by atoms with Crippen LogP contribution in [-0.2, 0) is 17.9 Å². The van der Waals surface area contributed by atoms with Crippen LogP contribution in [0.4, 0.5) is 0 Å². The van der Waals surface area contributed by atoms with Crippen molar-refractivity contribution in [3.05, 3.63) is 42.7 Å². The first kappa shape index (κ1) is 14.8. The molecule has 112 valence electrons. The summed E-state index contributed by atoms with van der Waals surface area (Å²) in [4.78, 5) is 26.6. The number of nitrogens with one attached hydrogen (secondary N) is 1. The second kappa shape index (κ2) is 7.28. The predicted molar refractivity (Wildman–Crippen MR) is 75.9 cm³/mol. The highest BCUT2D eigenvalue weighted by molar-refractivity contribution is 5.93. The fourth-order valence-corrected chi connectivity index (χ4v) is 2.03. The Morgan fingerprint density at radius 2 is 2.14 bits per heavy atom. The van der Waals surface area contributed by atoms with Crippen LogP contribution in [0.1, 0.15) is 23.3 Å². The number of amides is 1. The third-order valence-corrected chi connectivity index (χ3v) is 3.06. The number of carboxylic acid groups (broad SMARTS) is 1. The normalized spacial score (nSPS) is 10.5. The molecule has 0 unspecified atom stereocenters. The molecule has 7 nitrogen and oxygen atoms in total. The molecule has 2 aromatic rings. The topological polar surface area (TPSA) is 89.1 Å². The van der Waals surface area contributed by atoms with E-state index < -0.39 is 5.97 Å². The Hall–Kier alpha value is -2.57. The Morgan fingerprint density at radius 1 is 1.29 bits per heavy atom. The van der Waals surface area contributed by atoms with Gasteiger partial charge in [0.15, 0.2) is 0 Å². The molecule has 2 rings (SSSR count). The molecule has 21 heavy (non-hydrogen) atoms. The summed E-state index contributed by atoms with van der Waals surface area (Å²) in [5.41, 5.74) is 0.368. The Kier molecular flexibility index (Phi) is 5.14. The first-order chi connectivity index (χ1) is 10.2. The molecular weight excluding hydrogens is 272 g/mol. The van der Waals surface area contributed by atoms with Crippen molar-refractivity contribution in [2.45, 2.75) is 25.9 Å². The number of carbonyl (C=O) groups excluding carboxylic acids is 1. The van der Waals surface area contributed by atoms with Gasteiger partial charge in [0.2, 0.25) is 0 Å². The average Bonchev–Trinajstić information content (AvgIpc) is 3.08. The number of hydrogen-bond acceptors (Lipinski definition) is 3. The van der Waals surface area contributed by atoms with Gasteiger partial charge >= 0.3 is 5.97 Å². The van der Waals surface area contributed by atoms with E-state index in [9.17, 15) is 9.59 Å². The van der Waals surface area contributed by atoms with Crippen molar-refractivity contribution in [2.24, 2.45) is 0 Å². The molecule has 0 bridgehead atoms. The van der Waals surface area contributed by atoms with E-state index in [0.29, 0.717) is 12.2 Å². The molecule has 0 atom stereocenters. The monoisotopic (exact) mass is 290 g/mol. The smallest absolute Gasteiger partial charge is 0.323 e. The molecule has 2 heterocycles. The zero-order valence-electron chi connectivity index (χ0n) is 11.6. The van der Waals surface area contributed by atoms with E-state index in [1.807, 2.05) is 10.8 Å². The number of carboxylic acids is 1. The number of imidazole rings is 1. The van der Waals surface area contributed by atoms with Gasteiger partial charge in [-0.15, -0.1) is 0 Å². The molecule has 1 amide bonds. The largest absolute Gasteiger partial charge is 0.480 e. The first-order valence-corrected chi connectivity index (χ1v) is 6.77. The fraction of sp³-hybridized carbons (Fsp3) is 0.357. The molecule has 0 radical (unpaired) electrons. The van der Waals surface area contributed by atoms with Crippen LogP contribution in [0.2, 0.25) is 0 Å². The van der Waals surface area contributed by atoms with Crippen LogP contribution >= 0.6 is 0 Å². The van der Waals surface area contributed by atoms with Gasteiger partial charge in [0, 0.05) is 31.7 Å². The van der Waals surface area contributed by atoms with Gasteiger partial charge in [-0.3, -0.25) is 9.59 Å². The van der Waals surface area contributed by atoms with Crippen LogP contribution in [0.15, 0.2) is 37.1 Å². The number of rotatable bonds is 8. The van der Waals surface area contributed by atoms with Gasteiger partial charge < -0.3 is 19.6 Å². The maximum atomic E-state index is 12.0. The molecule has 0 aliphatic rings. The molecule has 2 N–H and O–H groups in total. The Morgan fingerprint density at radius 3 is 2.86 bits per heavy atom. The van der Waals surface area contributed by atoms with E-state index in [-0.39, 0.29) is 12.5 Å². The molecular formula is C14H18N4O3. The molecule has 0 saturated carbocycles. The summed E-state index contributed by atoms with van der Waals surface area (Å²) in [6.07, 6.45) is 8.77. The van der Waals surface area contributed by atoms with Crippen LogP contribution in [0, 0.1) is 0 Å². The minimum Gasteiger partial charge on any atom is -0.480 e. The van der Waals surface area contributed by atoms with E-state index in [1.165, 1.54) is 4.57 Å². The Labute approximate surface area is 122 Å². The highest BCUT2D eigenvalue weighted by atomic mass is 16.4. The van der Waals surface area contributed by atoms with E-state index in [2.05, 4.69) is 10.3 Å². The lowest BCUT2D eigenvalue weighted by atomic mass is 10.3. The zero-order chi connectivity index (χ0) is 15.1. The van der Waals surface area contributed by atoms with E-state index in [0.717, 1.165) is 19.4 Å². The van der Waals surface area contributed by atoms with Crippen LogP contribution in [-0.4, -0.2) is 37.6 Å². The molecule has 0 saturated heterocycles. The summed E-state index contributed by atoms with van der Waals surface area (Å²) >= 11 is 0. The fourth-order valence-electron chi connectivity index (χ4n) is 2.03. The van der Waals surface area contributed by atoms with Gasteiger partial charge in [0.25, 0.3) is 5.91 Å². The Bertz CT molecular complexity index is 589. The number of aryl methyl sites for hydroxylation is 1. The number of aromatic nitrogens is 3. The summed E-state index contributed by atoms with van der Waals surface area (Å²) in [7, 11) is 0. The molecule has 7 heteroatoms. The number of unbranched alkanes of at least 4 members (excludes halogenated alkanes) is 1. The quantitative estimate of drug-likeness (QED) is 0.709. The predicted octanol–water partition coefficient (Wildman–Crippen LogP) is 0.979. The maximum Gasteiger partial charge on any atom is 0.323 e. The first-order valence-electron chi connectivity index (χ1n) is 6.77. The highest BCUT2D eigenvalue weighted by Gasteiger charge is 2.11. The molecule has 0 spiro atoms. The number of nitrogens with zero attached hydrogens (tertiary/aromatic N) is 3. The van der Waals surface area contributed by atoms with Crippen molar-refractivity contribution in [1.29, 1.82) is 0 Å². The molecule has 0 aromatic carbocycles. The van der Waals surface area contributed by atoms with Crippen molar-refractivity contribution in [2.75, 3.05) is 6.54 Å². The molecule has 0 aliphatic carbocycles. The van der Waals surface area contributed by atoms with Crippen LogP contribution < -0.4 is 5.32 Å². The average molecular weight is 290 g/mol. The van der Waals surface area contributed by atoms with Crippen molar-refractivity contribution >= 4 is 11.9 Å².